The largest absolute Gasteiger partial charge is 0.496 e. The fourth-order valence-electron chi connectivity index (χ4n) is 2.75. The Morgan fingerprint density at radius 2 is 2.14 bits per heavy atom. The predicted molar refractivity (Wildman–Crippen MR) is 84.3 cm³/mol. The van der Waals surface area contributed by atoms with E-state index in [9.17, 15) is 4.39 Å². The van der Waals surface area contributed by atoms with Crippen LogP contribution < -0.4 is 10.1 Å². The predicted octanol–water partition coefficient (Wildman–Crippen LogP) is 4.70. The van der Waals surface area contributed by atoms with Gasteiger partial charge in [0, 0.05) is 22.5 Å². The first kappa shape index (κ1) is 14.5. The first-order valence-corrected chi connectivity index (χ1v) is 8.20. The number of rotatable bonds is 6. The summed E-state index contributed by atoms with van der Waals surface area (Å²) in [4.78, 5) is 1.36. The van der Waals surface area contributed by atoms with Crippen molar-refractivity contribution < 1.29 is 9.13 Å². The quantitative estimate of drug-likeness (QED) is 0.835. The molecule has 0 radical (unpaired) electrons. The van der Waals surface area contributed by atoms with E-state index in [-0.39, 0.29) is 11.9 Å². The number of nitrogens with one attached hydrogen (secondary N) is 1. The lowest BCUT2D eigenvalue weighted by atomic mass is 10.0. The number of thiophene rings is 1. The van der Waals surface area contributed by atoms with Crippen LogP contribution in [0.4, 0.5) is 4.39 Å². The highest BCUT2D eigenvalue weighted by atomic mass is 32.1. The molecule has 4 heteroatoms. The molecule has 0 saturated heterocycles. The molecule has 1 aliphatic carbocycles. The van der Waals surface area contributed by atoms with Gasteiger partial charge in [0.05, 0.1) is 7.11 Å². The van der Waals surface area contributed by atoms with E-state index >= 15 is 0 Å². The maximum atomic E-state index is 13.5. The second kappa shape index (κ2) is 6.16. The molecule has 0 aliphatic heterocycles. The molecule has 1 N–H and O–H groups in total. The molecule has 1 saturated carbocycles. The van der Waals surface area contributed by atoms with Crippen molar-refractivity contribution in [3.63, 3.8) is 0 Å². The van der Waals surface area contributed by atoms with Gasteiger partial charge in [-0.1, -0.05) is 6.07 Å². The minimum absolute atomic E-state index is 0.0448. The van der Waals surface area contributed by atoms with Crippen LogP contribution in [0.15, 0.2) is 35.7 Å². The van der Waals surface area contributed by atoms with Crippen molar-refractivity contribution in [2.24, 2.45) is 5.92 Å². The lowest BCUT2D eigenvalue weighted by Gasteiger charge is -2.24. The van der Waals surface area contributed by atoms with Gasteiger partial charge in [-0.2, -0.15) is 0 Å². The molecule has 2 atom stereocenters. The van der Waals surface area contributed by atoms with Gasteiger partial charge in [0.2, 0.25) is 0 Å². The first-order valence-electron chi connectivity index (χ1n) is 7.32. The molecule has 3 rings (SSSR count). The minimum Gasteiger partial charge on any atom is -0.496 e. The van der Waals surface area contributed by atoms with Gasteiger partial charge in [0.15, 0.2) is 0 Å². The Hall–Kier alpha value is -1.39. The van der Waals surface area contributed by atoms with E-state index in [1.54, 1.807) is 30.6 Å². The van der Waals surface area contributed by atoms with E-state index in [0.717, 1.165) is 11.3 Å². The van der Waals surface area contributed by atoms with Gasteiger partial charge in [-0.25, -0.2) is 4.39 Å². The van der Waals surface area contributed by atoms with Crippen LogP contribution in [0.25, 0.3) is 0 Å². The highest BCUT2D eigenvalue weighted by Crippen LogP contribution is 2.43. The highest BCUT2D eigenvalue weighted by molar-refractivity contribution is 7.10. The molecule has 0 amide bonds. The molecule has 0 bridgehead atoms. The Morgan fingerprint density at radius 1 is 1.33 bits per heavy atom. The summed E-state index contributed by atoms with van der Waals surface area (Å²) in [6.07, 6.45) is 2.53. The van der Waals surface area contributed by atoms with Crippen LogP contribution in [-0.2, 0) is 0 Å². The molecule has 2 unspecified atom stereocenters. The summed E-state index contributed by atoms with van der Waals surface area (Å²) in [5.74, 6) is 1.21. The van der Waals surface area contributed by atoms with Crippen LogP contribution in [0.3, 0.4) is 0 Å². The van der Waals surface area contributed by atoms with Gasteiger partial charge < -0.3 is 10.1 Å². The van der Waals surface area contributed by atoms with Crippen LogP contribution in [-0.4, -0.2) is 7.11 Å². The molecule has 21 heavy (non-hydrogen) atoms. The summed E-state index contributed by atoms with van der Waals surface area (Å²) in [5, 5.41) is 5.77. The standard InChI is InChI=1S/C17H20FNOS/c1-11(14-10-13(18)7-8-15(14)20-2)19-17(12-5-6-12)16-4-3-9-21-16/h3-4,7-12,17,19H,5-6H2,1-2H3. The van der Waals surface area contributed by atoms with Gasteiger partial charge in [0.25, 0.3) is 0 Å². The topological polar surface area (TPSA) is 21.3 Å². The SMILES string of the molecule is COc1ccc(F)cc1C(C)NC(c1cccs1)C1CC1. The summed E-state index contributed by atoms with van der Waals surface area (Å²) < 4.78 is 18.9. The van der Waals surface area contributed by atoms with Crippen molar-refractivity contribution in [1.29, 1.82) is 0 Å². The molecule has 0 spiro atoms. The molecular weight excluding hydrogens is 285 g/mol. The average molecular weight is 305 g/mol. The van der Waals surface area contributed by atoms with Crippen molar-refractivity contribution >= 4 is 11.3 Å². The summed E-state index contributed by atoms with van der Waals surface area (Å²) in [7, 11) is 1.63. The van der Waals surface area contributed by atoms with Crippen molar-refractivity contribution in [2.75, 3.05) is 7.11 Å². The number of ether oxygens (including phenoxy) is 1. The van der Waals surface area contributed by atoms with E-state index < -0.39 is 0 Å². The maximum absolute atomic E-state index is 13.5. The van der Waals surface area contributed by atoms with E-state index in [4.69, 9.17) is 4.74 Å². The van der Waals surface area contributed by atoms with Gasteiger partial charge in [-0.3, -0.25) is 0 Å². The van der Waals surface area contributed by atoms with Crippen molar-refractivity contribution in [1.82, 2.24) is 5.32 Å². The smallest absolute Gasteiger partial charge is 0.123 e. The third-order valence-corrected chi connectivity index (χ3v) is 4.99. The van der Waals surface area contributed by atoms with Crippen molar-refractivity contribution in [2.45, 2.75) is 31.8 Å². The van der Waals surface area contributed by atoms with Crippen LogP contribution >= 0.6 is 11.3 Å². The molecule has 2 nitrogen and oxygen atoms in total. The van der Waals surface area contributed by atoms with Crippen LogP contribution in [0.2, 0.25) is 0 Å². The molecule has 1 fully saturated rings. The first-order chi connectivity index (χ1) is 10.2. The van der Waals surface area contributed by atoms with Crippen LogP contribution in [0.1, 0.15) is 42.3 Å². The van der Waals surface area contributed by atoms with Crippen LogP contribution in [0, 0.1) is 11.7 Å². The maximum Gasteiger partial charge on any atom is 0.123 e. The minimum atomic E-state index is -0.224. The summed E-state index contributed by atoms with van der Waals surface area (Å²) in [6, 6.07) is 9.36. The number of hydrogen-bond acceptors (Lipinski definition) is 3. The normalized spacial score (nSPS) is 17.5. The molecule has 112 valence electrons. The van der Waals surface area contributed by atoms with Gasteiger partial charge >= 0.3 is 0 Å². The lowest BCUT2D eigenvalue weighted by molar-refractivity contribution is 0.385. The van der Waals surface area contributed by atoms with E-state index in [1.807, 2.05) is 0 Å². The molecular formula is C17H20FNOS. The fourth-order valence-corrected chi connectivity index (χ4v) is 3.63. The summed E-state index contributed by atoms with van der Waals surface area (Å²) in [6.45, 7) is 2.07. The van der Waals surface area contributed by atoms with Gasteiger partial charge in [0.1, 0.15) is 11.6 Å². The van der Waals surface area contributed by atoms with Crippen molar-refractivity contribution in [3.8, 4) is 5.75 Å². The van der Waals surface area contributed by atoms with Gasteiger partial charge in [-0.05, 0) is 55.3 Å². The zero-order valence-corrected chi connectivity index (χ0v) is 13.1. The Kier molecular flexibility index (Phi) is 4.27. The second-order valence-electron chi connectivity index (χ2n) is 5.61. The molecule has 1 aromatic carbocycles. The highest BCUT2D eigenvalue weighted by Gasteiger charge is 2.34. The van der Waals surface area contributed by atoms with Gasteiger partial charge in [-0.15, -0.1) is 11.3 Å². The Morgan fingerprint density at radius 3 is 2.76 bits per heavy atom. The number of benzene rings is 1. The Bertz CT molecular complexity index is 595. The van der Waals surface area contributed by atoms with E-state index in [0.29, 0.717) is 12.0 Å². The van der Waals surface area contributed by atoms with Crippen LogP contribution in [0.5, 0.6) is 5.75 Å². The number of halogens is 1. The summed E-state index contributed by atoms with van der Waals surface area (Å²) >= 11 is 1.78. The van der Waals surface area contributed by atoms with E-state index in [1.165, 1.54) is 23.8 Å². The third-order valence-electron chi connectivity index (χ3n) is 4.03. The molecule has 2 aromatic rings. The Labute approximate surface area is 129 Å². The second-order valence-corrected chi connectivity index (χ2v) is 6.58. The third kappa shape index (κ3) is 3.27. The fraction of sp³-hybridized carbons (Fsp3) is 0.412. The summed E-state index contributed by atoms with van der Waals surface area (Å²) in [5.41, 5.74) is 0.875. The molecule has 1 aliphatic rings. The average Bonchev–Trinajstić information content (AvgIpc) is 3.18. The number of hydrogen-bond donors (Lipinski definition) is 1. The lowest BCUT2D eigenvalue weighted by Crippen LogP contribution is -2.26. The Balaban J connectivity index is 1.81. The number of methoxy groups -OCH3 is 1. The zero-order chi connectivity index (χ0) is 14.8. The zero-order valence-electron chi connectivity index (χ0n) is 12.3. The van der Waals surface area contributed by atoms with Crippen molar-refractivity contribution in [3.05, 3.63) is 52.0 Å². The van der Waals surface area contributed by atoms with E-state index in [2.05, 4.69) is 29.8 Å². The molecule has 1 aromatic heterocycles. The molecule has 1 heterocycles. The monoisotopic (exact) mass is 305 g/mol.